The van der Waals surface area contributed by atoms with Gasteiger partial charge in [0.2, 0.25) is 5.91 Å². The van der Waals surface area contributed by atoms with Crippen LogP contribution in [0.2, 0.25) is 5.02 Å². The second-order valence-corrected chi connectivity index (χ2v) is 8.36. The van der Waals surface area contributed by atoms with Gasteiger partial charge in [-0.3, -0.25) is 9.59 Å². The maximum Gasteiger partial charge on any atom is 0.253 e. The highest BCUT2D eigenvalue weighted by molar-refractivity contribution is 6.35. The normalized spacial score (nSPS) is 14.0. The minimum absolute atomic E-state index is 0.00945. The van der Waals surface area contributed by atoms with Gasteiger partial charge in [0.15, 0.2) is 0 Å². The molecule has 0 aliphatic carbocycles. The number of ether oxygens (including phenoxy) is 1. The Bertz CT molecular complexity index is 1010. The van der Waals surface area contributed by atoms with E-state index in [4.69, 9.17) is 16.3 Å². The molecule has 2 aromatic carbocycles. The third-order valence-electron chi connectivity index (χ3n) is 4.67. The van der Waals surface area contributed by atoms with E-state index < -0.39 is 11.2 Å². The van der Waals surface area contributed by atoms with Crippen molar-refractivity contribution in [3.05, 3.63) is 58.4 Å². The molecule has 0 unspecified atom stereocenters. The Kier molecular flexibility index (Phi) is 6.12. The van der Waals surface area contributed by atoms with Gasteiger partial charge < -0.3 is 10.1 Å². The van der Waals surface area contributed by atoms with Crippen LogP contribution in [-0.4, -0.2) is 24.6 Å². The number of nitrogens with one attached hydrogen (secondary N) is 1. The molecule has 0 atom stereocenters. The summed E-state index contributed by atoms with van der Waals surface area (Å²) in [7, 11) is 1.55. The molecule has 0 bridgehead atoms. The van der Waals surface area contributed by atoms with Crippen molar-refractivity contribution in [1.29, 1.82) is 0 Å². The first kappa shape index (κ1) is 21.8. The summed E-state index contributed by atoms with van der Waals surface area (Å²) in [6.45, 7) is 5.34. The molecule has 30 heavy (non-hydrogen) atoms. The van der Waals surface area contributed by atoms with Crippen molar-refractivity contribution in [2.45, 2.75) is 33.7 Å². The summed E-state index contributed by atoms with van der Waals surface area (Å²) in [4.78, 5) is 24.6. The van der Waals surface area contributed by atoms with Crippen LogP contribution in [-0.2, 0) is 16.1 Å². The van der Waals surface area contributed by atoms with Crippen LogP contribution in [0.3, 0.4) is 0 Å². The van der Waals surface area contributed by atoms with Crippen molar-refractivity contribution in [3.63, 3.8) is 0 Å². The SMILES string of the molecule is COc1ccc(N2N=C(c3c(Cl)ccc(CNC(=O)C(C)(C)C)c3F)CC2=O)cc1. The monoisotopic (exact) mass is 431 g/mol. The van der Waals surface area contributed by atoms with Crippen LogP contribution in [0.5, 0.6) is 5.75 Å². The molecule has 0 saturated carbocycles. The fourth-order valence-corrected chi connectivity index (χ4v) is 3.19. The third-order valence-corrected chi connectivity index (χ3v) is 4.99. The molecule has 0 saturated heterocycles. The number of amides is 2. The first-order valence-corrected chi connectivity index (χ1v) is 9.79. The Labute approximate surface area is 179 Å². The Morgan fingerprint density at radius 2 is 1.90 bits per heavy atom. The van der Waals surface area contributed by atoms with Crippen molar-refractivity contribution in [2.24, 2.45) is 10.5 Å². The Hall–Kier alpha value is -2.93. The molecule has 0 radical (unpaired) electrons. The lowest BCUT2D eigenvalue weighted by molar-refractivity contribution is -0.128. The number of carbonyl (C=O) groups excluding carboxylic acids is 2. The summed E-state index contributed by atoms with van der Waals surface area (Å²) in [5.74, 6) is -0.442. The van der Waals surface area contributed by atoms with E-state index in [1.165, 1.54) is 11.1 Å². The first-order chi connectivity index (χ1) is 14.1. The molecule has 0 fully saturated rings. The van der Waals surface area contributed by atoms with Gasteiger partial charge in [-0.2, -0.15) is 5.10 Å². The summed E-state index contributed by atoms with van der Waals surface area (Å²) in [5.41, 5.74) is 0.531. The van der Waals surface area contributed by atoms with Crippen molar-refractivity contribution >= 4 is 34.8 Å². The second kappa shape index (κ2) is 8.44. The lowest BCUT2D eigenvalue weighted by Crippen LogP contribution is -2.34. The summed E-state index contributed by atoms with van der Waals surface area (Å²) in [5, 5.41) is 8.41. The minimum Gasteiger partial charge on any atom is -0.497 e. The molecule has 0 aromatic heterocycles. The third kappa shape index (κ3) is 4.46. The zero-order valence-electron chi connectivity index (χ0n) is 17.3. The van der Waals surface area contributed by atoms with Crippen molar-refractivity contribution in [1.82, 2.24) is 5.32 Å². The molecule has 6 nitrogen and oxygen atoms in total. The van der Waals surface area contributed by atoms with Gasteiger partial charge in [-0.25, -0.2) is 9.40 Å². The summed E-state index contributed by atoms with van der Waals surface area (Å²) >= 11 is 6.24. The standard InChI is InChI=1S/C22H23ClFN3O3/c1-22(2,3)21(29)25-12-13-5-10-16(23)19(20(13)24)17-11-18(28)27(26-17)14-6-8-15(30-4)9-7-14/h5-10H,11-12H2,1-4H3,(H,25,29). The van der Waals surface area contributed by atoms with E-state index in [0.29, 0.717) is 11.4 Å². The number of hydrogen-bond donors (Lipinski definition) is 1. The second-order valence-electron chi connectivity index (χ2n) is 7.96. The zero-order valence-corrected chi connectivity index (χ0v) is 18.0. The van der Waals surface area contributed by atoms with E-state index in [9.17, 15) is 9.59 Å². The lowest BCUT2D eigenvalue weighted by Gasteiger charge is -2.18. The summed E-state index contributed by atoms with van der Waals surface area (Å²) < 4.78 is 20.3. The van der Waals surface area contributed by atoms with E-state index in [1.807, 2.05) is 0 Å². The smallest absolute Gasteiger partial charge is 0.253 e. The van der Waals surface area contributed by atoms with Crippen LogP contribution in [0, 0.1) is 11.2 Å². The number of methoxy groups -OCH3 is 1. The molecule has 2 amide bonds. The van der Waals surface area contributed by atoms with Crippen LogP contribution in [0.25, 0.3) is 0 Å². The summed E-state index contributed by atoms with van der Waals surface area (Å²) in [6.07, 6.45) is -0.0829. The predicted octanol–water partition coefficient (Wildman–Crippen LogP) is 4.29. The highest BCUT2D eigenvalue weighted by atomic mass is 35.5. The largest absolute Gasteiger partial charge is 0.497 e. The van der Waals surface area contributed by atoms with Gasteiger partial charge >= 0.3 is 0 Å². The van der Waals surface area contributed by atoms with Crippen molar-refractivity contribution < 1.29 is 18.7 Å². The molecule has 3 rings (SSSR count). The summed E-state index contributed by atoms with van der Waals surface area (Å²) in [6, 6.07) is 9.87. The van der Waals surface area contributed by atoms with Gasteiger partial charge in [-0.15, -0.1) is 0 Å². The highest BCUT2D eigenvalue weighted by Gasteiger charge is 2.30. The van der Waals surface area contributed by atoms with Gasteiger partial charge in [0.05, 0.1) is 35.5 Å². The average Bonchev–Trinajstić information content (AvgIpc) is 3.07. The van der Waals surface area contributed by atoms with E-state index in [2.05, 4.69) is 10.4 Å². The van der Waals surface area contributed by atoms with Crippen LogP contribution in [0.1, 0.15) is 38.3 Å². The number of benzene rings is 2. The first-order valence-electron chi connectivity index (χ1n) is 9.42. The maximum atomic E-state index is 15.2. The number of hydrogen-bond acceptors (Lipinski definition) is 4. The Morgan fingerprint density at radius 3 is 2.50 bits per heavy atom. The molecule has 0 spiro atoms. The molecule has 1 N–H and O–H groups in total. The fourth-order valence-electron chi connectivity index (χ4n) is 2.93. The van der Waals surface area contributed by atoms with E-state index in [0.717, 1.165) is 0 Å². The molecule has 1 heterocycles. The molecular weight excluding hydrogens is 409 g/mol. The van der Waals surface area contributed by atoms with E-state index in [1.54, 1.807) is 58.2 Å². The Morgan fingerprint density at radius 1 is 1.23 bits per heavy atom. The molecule has 158 valence electrons. The quantitative estimate of drug-likeness (QED) is 0.767. The molecule has 1 aliphatic heterocycles. The van der Waals surface area contributed by atoms with E-state index in [-0.39, 0.29) is 46.6 Å². The topological polar surface area (TPSA) is 71.0 Å². The number of hydrazone groups is 1. The maximum absolute atomic E-state index is 15.2. The molecule has 8 heteroatoms. The minimum atomic E-state index is -0.597. The fraction of sp³-hybridized carbons (Fsp3) is 0.318. The molecular formula is C22H23ClFN3O3. The predicted molar refractivity (Wildman–Crippen MR) is 114 cm³/mol. The average molecular weight is 432 g/mol. The van der Waals surface area contributed by atoms with Crippen LogP contribution in [0.4, 0.5) is 10.1 Å². The van der Waals surface area contributed by atoms with Crippen LogP contribution >= 0.6 is 11.6 Å². The van der Waals surface area contributed by atoms with Gasteiger partial charge in [0.1, 0.15) is 11.6 Å². The number of halogens is 2. The number of anilines is 1. The number of nitrogens with zero attached hydrogens (tertiary/aromatic N) is 2. The zero-order chi connectivity index (χ0) is 22.1. The van der Waals surface area contributed by atoms with Crippen molar-refractivity contribution in [2.75, 3.05) is 12.1 Å². The van der Waals surface area contributed by atoms with Crippen LogP contribution in [0.15, 0.2) is 41.5 Å². The molecule has 1 aliphatic rings. The van der Waals surface area contributed by atoms with Gasteiger partial charge in [-0.05, 0) is 30.3 Å². The van der Waals surface area contributed by atoms with E-state index >= 15 is 4.39 Å². The number of carbonyl (C=O) groups is 2. The lowest BCUT2D eigenvalue weighted by atomic mass is 9.95. The van der Waals surface area contributed by atoms with Crippen molar-refractivity contribution in [3.8, 4) is 5.75 Å². The van der Waals surface area contributed by atoms with Gasteiger partial charge in [0, 0.05) is 17.5 Å². The number of rotatable bonds is 5. The van der Waals surface area contributed by atoms with Gasteiger partial charge in [-0.1, -0.05) is 38.4 Å². The van der Waals surface area contributed by atoms with Gasteiger partial charge in [0.25, 0.3) is 5.91 Å². The highest BCUT2D eigenvalue weighted by Crippen LogP contribution is 2.30. The van der Waals surface area contributed by atoms with Crippen LogP contribution < -0.4 is 15.1 Å². The molecule has 2 aromatic rings. The Balaban J connectivity index is 1.89.